The molecule has 6 aromatic carbocycles. The van der Waals surface area contributed by atoms with Crippen LogP contribution in [-0.4, -0.2) is 23.6 Å². The standard InChI is InChI=1S/C40H30N4O4S6/c45-37(27-15-5-1-6-16-27)41-49-31-23-13-25-33(35(31)51-43-39(47)29-19-9-3-10-20-29)53-54-34-26-14-24-32(50-42-38(46)28-17-7-2-8-18-28)36(34)52-44-40(48)30-21-11-4-12-22-30/h1-26H,(H,41,45)(H,42,46)(H,43,47)(H,44,48). The SMILES string of the molecule is O=C(NSc1cccc(SSc2cccc(SNC(=O)c3ccccc3)c2SNC(=O)c2ccccc2)c1SNC(=O)c1ccccc1)c1ccccc1. The molecule has 0 fully saturated rings. The van der Waals surface area contributed by atoms with Crippen LogP contribution < -0.4 is 18.9 Å². The molecular weight excluding hydrogens is 793 g/mol. The summed E-state index contributed by atoms with van der Waals surface area (Å²) in [6.45, 7) is 0. The molecule has 0 saturated carbocycles. The Kier molecular flexibility index (Phi) is 14.5. The third-order valence-corrected chi connectivity index (χ3v) is 13.8. The van der Waals surface area contributed by atoms with Gasteiger partial charge in [-0.15, -0.1) is 0 Å². The number of benzene rings is 6. The summed E-state index contributed by atoms with van der Waals surface area (Å²) in [6.07, 6.45) is 0. The summed E-state index contributed by atoms with van der Waals surface area (Å²) in [4.78, 5) is 56.7. The zero-order valence-corrected chi connectivity index (χ0v) is 33.0. The van der Waals surface area contributed by atoms with Gasteiger partial charge in [0.2, 0.25) is 0 Å². The average molecular weight is 823 g/mol. The van der Waals surface area contributed by atoms with Crippen molar-refractivity contribution in [3.63, 3.8) is 0 Å². The van der Waals surface area contributed by atoms with Crippen LogP contribution in [0.3, 0.4) is 0 Å². The average Bonchev–Trinajstić information content (AvgIpc) is 3.23. The largest absolute Gasteiger partial charge is 0.292 e. The van der Waals surface area contributed by atoms with E-state index in [0.717, 1.165) is 29.4 Å². The summed E-state index contributed by atoms with van der Waals surface area (Å²) >= 11 is 4.67. The van der Waals surface area contributed by atoms with Crippen molar-refractivity contribution in [2.75, 3.05) is 0 Å². The van der Waals surface area contributed by atoms with Crippen molar-refractivity contribution < 1.29 is 19.2 Å². The van der Waals surface area contributed by atoms with E-state index in [4.69, 9.17) is 0 Å². The van der Waals surface area contributed by atoms with Gasteiger partial charge in [-0.25, -0.2) is 0 Å². The first-order valence-electron chi connectivity index (χ1n) is 16.2. The molecule has 0 atom stereocenters. The van der Waals surface area contributed by atoms with E-state index in [1.807, 2.05) is 60.7 Å². The second-order valence-corrected chi connectivity index (χ2v) is 16.5. The van der Waals surface area contributed by atoms with E-state index in [1.165, 1.54) is 69.4 Å². The van der Waals surface area contributed by atoms with Gasteiger partial charge in [-0.05, 0) is 121 Å². The molecule has 0 aromatic heterocycles. The maximum atomic E-state index is 13.1. The summed E-state index contributed by atoms with van der Waals surface area (Å²) in [5.74, 6) is -1.00. The molecule has 6 aromatic rings. The minimum atomic E-state index is -0.257. The number of hydrogen-bond acceptors (Lipinski definition) is 10. The third-order valence-electron chi connectivity index (χ3n) is 7.25. The molecule has 4 N–H and O–H groups in total. The molecule has 270 valence electrons. The summed E-state index contributed by atoms with van der Waals surface area (Å²) in [5, 5.41) is 0. The Labute approximate surface area is 338 Å². The van der Waals surface area contributed by atoms with E-state index in [-0.39, 0.29) is 23.6 Å². The highest BCUT2D eigenvalue weighted by molar-refractivity contribution is 8.76. The maximum Gasteiger partial charge on any atom is 0.261 e. The molecule has 0 saturated heterocycles. The van der Waals surface area contributed by atoms with Crippen LogP contribution in [0.4, 0.5) is 0 Å². The van der Waals surface area contributed by atoms with E-state index >= 15 is 0 Å². The third kappa shape index (κ3) is 10.9. The highest BCUT2D eigenvalue weighted by atomic mass is 33.1. The fraction of sp³-hybridized carbons (Fsp3) is 0. The molecule has 0 aliphatic carbocycles. The second kappa shape index (κ2) is 20.1. The summed E-state index contributed by atoms with van der Waals surface area (Å²) in [6, 6.07) is 47.2. The molecule has 0 bridgehead atoms. The smallest absolute Gasteiger partial charge is 0.261 e. The van der Waals surface area contributed by atoms with Crippen LogP contribution in [0, 0.1) is 0 Å². The summed E-state index contributed by atoms with van der Waals surface area (Å²) in [5.41, 5.74) is 2.09. The van der Waals surface area contributed by atoms with Crippen molar-refractivity contribution in [2.24, 2.45) is 0 Å². The molecule has 14 heteroatoms. The van der Waals surface area contributed by atoms with Crippen LogP contribution >= 0.6 is 69.4 Å². The van der Waals surface area contributed by atoms with Gasteiger partial charge in [0.05, 0.1) is 9.79 Å². The zero-order chi connectivity index (χ0) is 37.5. The van der Waals surface area contributed by atoms with Crippen LogP contribution in [0.2, 0.25) is 0 Å². The lowest BCUT2D eigenvalue weighted by atomic mass is 10.2. The molecule has 0 heterocycles. The van der Waals surface area contributed by atoms with E-state index in [9.17, 15) is 19.2 Å². The highest BCUT2D eigenvalue weighted by Crippen LogP contribution is 2.48. The van der Waals surface area contributed by atoms with E-state index in [1.54, 1.807) is 97.1 Å². The molecule has 4 amide bonds. The number of amides is 4. The van der Waals surface area contributed by atoms with E-state index in [0.29, 0.717) is 22.3 Å². The molecule has 0 spiro atoms. The van der Waals surface area contributed by atoms with Gasteiger partial charge < -0.3 is 0 Å². The monoisotopic (exact) mass is 822 g/mol. The van der Waals surface area contributed by atoms with E-state index in [2.05, 4.69) is 18.9 Å². The Morgan fingerprint density at radius 2 is 0.556 bits per heavy atom. The van der Waals surface area contributed by atoms with Crippen LogP contribution in [-0.2, 0) is 0 Å². The van der Waals surface area contributed by atoms with Gasteiger partial charge in [0.25, 0.3) is 23.6 Å². The summed E-state index contributed by atoms with van der Waals surface area (Å²) in [7, 11) is 2.93. The molecule has 8 nitrogen and oxygen atoms in total. The second-order valence-electron chi connectivity index (χ2n) is 10.9. The van der Waals surface area contributed by atoms with Gasteiger partial charge >= 0.3 is 0 Å². The van der Waals surface area contributed by atoms with Crippen molar-refractivity contribution in [1.82, 2.24) is 18.9 Å². The highest BCUT2D eigenvalue weighted by Gasteiger charge is 2.19. The Bertz CT molecular complexity index is 2060. The minimum Gasteiger partial charge on any atom is -0.292 e. The minimum absolute atomic E-state index is 0.245. The van der Waals surface area contributed by atoms with Gasteiger partial charge in [0, 0.05) is 41.8 Å². The molecule has 0 radical (unpaired) electrons. The normalized spacial score (nSPS) is 10.6. The first-order chi connectivity index (χ1) is 26.5. The number of carbonyl (C=O) groups excluding carboxylic acids is 4. The van der Waals surface area contributed by atoms with Crippen molar-refractivity contribution in [3.05, 3.63) is 180 Å². The number of nitrogens with one attached hydrogen (secondary N) is 4. The Hall–Kier alpha value is -4.70. The number of carbonyl (C=O) groups is 4. The lowest BCUT2D eigenvalue weighted by Crippen LogP contribution is -2.17. The fourth-order valence-electron chi connectivity index (χ4n) is 4.57. The molecular formula is C40H30N4O4S6. The maximum absolute atomic E-state index is 13.1. The van der Waals surface area contributed by atoms with Crippen molar-refractivity contribution in [1.29, 1.82) is 0 Å². The lowest BCUT2D eigenvalue weighted by molar-refractivity contribution is 0.0975. The molecule has 54 heavy (non-hydrogen) atoms. The van der Waals surface area contributed by atoms with Gasteiger partial charge in [-0.2, -0.15) is 0 Å². The molecule has 0 unspecified atom stereocenters. The first kappa shape index (κ1) is 39.0. The fourth-order valence-corrected chi connectivity index (χ4v) is 10.8. The lowest BCUT2D eigenvalue weighted by Gasteiger charge is -2.16. The van der Waals surface area contributed by atoms with Crippen molar-refractivity contribution in [3.8, 4) is 0 Å². The topological polar surface area (TPSA) is 116 Å². The van der Waals surface area contributed by atoms with Gasteiger partial charge in [-0.1, -0.05) is 107 Å². The Morgan fingerprint density at radius 3 is 0.852 bits per heavy atom. The zero-order valence-electron chi connectivity index (χ0n) is 28.1. The van der Waals surface area contributed by atoms with Gasteiger partial charge in [0.1, 0.15) is 0 Å². The van der Waals surface area contributed by atoms with Crippen LogP contribution in [0.25, 0.3) is 0 Å². The van der Waals surface area contributed by atoms with Crippen LogP contribution in [0.15, 0.2) is 187 Å². The predicted molar refractivity (Wildman–Crippen MR) is 224 cm³/mol. The van der Waals surface area contributed by atoms with Gasteiger partial charge in [-0.3, -0.25) is 38.1 Å². The van der Waals surface area contributed by atoms with Crippen molar-refractivity contribution >= 4 is 93.0 Å². The number of rotatable bonds is 15. The molecule has 0 aliphatic heterocycles. The van der Waals surface area contributed by atoms with E-state index < -0.39 is 0 Å². The predicted octanol–water partition coefficient (Wildman–Crippen LogP) is 10.2. The van der Waals surface area contributed by atoms with Crippen LogP contribution in [0.5, 0.6) is 0 Å². The quantitative estimate of drug-likeness (QED) is 0.0589. The number of hydrogen-bond donors (Lipinski definition) is 4. The van der Waals surface area contributed by atoms with Gasteiger partial charge in [0.15, 0.2) is 0 Å². The first-order valence-corrected chi connectivity index (χ1v) is 21.6. The summed E-state index contributed by atoms with van der Waals surface area (Å²) < 4.78 is 11.8. The Balaban J connectivity index is 1.25. The van der Waals surface area contributed by atoms with Crippen LogP contribution in [0.1, 0.15) is 41.4 Å². The molecule has 0 aliphatic rings. The molecule has 6 rings (SSSR count). The van der Waals surface area contributed by atoms with Crippen molar-refractivity contribution in [2.45, 2.75) is 29.4 Å². The Morgan fingerprint density at radius 1 is 0.296 bits per heavy atom.